The molecule has 22 heavy (non-hydrogen) atoms. The van der Waals surface area contributed by atoms with Gasteiger partial charge in [-0.25, -0.2) is 4.79 Å². The third-order valence-electron chi connectivity index (χ3n) is 3.54. The highest BCUT2D eigenvalue weighted by atomic mass is 16.5. The minimum Gasteiger partial charge on any atom is -0.478 e. The zero-order chi connectivity index (χ0) is 16.3. The molecule has 1 unspecified atom stereocenters. The highest BCUT2D eigenvalue weighted by Crippen LogP contribution is 2.24. The SMILES string of the molecule is CCC(NC(=O)c1ccc(C(=O)O)cc1)c1c(C)noc1C. The first-order valence-corrected chi connectivity index (χ1v) is 7.01. The Kier molecular flexibility index (Phi) is 4.60. The second kappa shape index (κ2) is 6.43. The van der Waals surface area contributed by atoms with Gasteiger partial charge in [-0.3, -0.25) is 4.79 Å². The van der Waals surface area contributed by atoms with Crippen LogP contribution in [0.2, 0.25) is 0 Å². The standard InChI is InChI=1S/C16H18N2O4/c1-4-13(14-9(2)18-22-10(14)3)17-15(19)11-5-7-12(8-6-11)16(20)21/h5-8,13H,4H2,1-3H3,(H,17,19)(H,20,21). The monoisotopic (exact) mass is 302 g/mol. The molecule has 0 radical (unpaired) electrons. The molecule has 2 aromatic rings. The van der Waals surface area contributed by atoms with Crippen molar-refractivity contribution in [2.24, 2.45) is 0 Å². The van der Waals surface area contributed by atoms with Gasteiger partial charge >= 0.3 is 5.97 Å². The molecular weight excluding hydrogens is 284 g/mol. The third kappa shape index (κ3) is 3.16. The van der Waals surface area contributed by atoms with Crippen LogP contribution in [0, 0.1) is 13.8 Å². The van der Waals surface area contributed by atoms with Crippen molar-refractivity contribution in [3.63, 3.8) is 0 Å². The lowest BCUT2D eigenvalue weighted by Crippen LogP contribution is -2.28. The van der Waals surface area contributed by atoms with Gasteiger partial charge in [-0.1, -0.05) is 12.1 Å². The van der Waals surface area contributed by atoms with Gasteiger partial charge in [-0.2, -0.15) is 0 Å². The summed E-state index contributed by atoms with van der Waals surface area (Å²) < 4.78 is 5.14. The zero-order valence-electron chi connectivity index (χ0n) is 12.7. The smallest absolute Gasteiger partial charge is 0.335 e. The van der Waals surface area contributed by atoms with Crippen LogP contribution in [0.4, 0.5) is 0 Å². The summed E-state index contributed by atoms with van der Waals surface area (Å²) in [5, 5.41) is 15.7. The predicted octanol–water partition coefficient (Wildman–Crippen LogP) is 2.87. The molecule has 1 heterocycles. The molecule has 0 saturated heterocycles. The first-order valence-electron chi connectivity index (χ1n) is 7.01. The quantitative estimate of drug-likeness (QED) is 0.886. The number of hydrogen-bond acceptors (Lipinski definition) is 4. The number of aromatic carboxylic acids is 1. The largest absolute Gasteiger partial charge is 0.478 e. The number of nitrogens with one attached hydrogen (secondary N) is 1. The maximum absolute atomic E-state index is 12.3. The van der Waals surface area contributed by atoms with E-state index in [1.54, 1.807) is 0 Å². The van der Waals surface area contributed by atoms with Crippen molar-refractivity contribution >= 4 is 11.9 Å². The van der Waals surface area contributed by atoms with E-state index in [0.29, 0.717) is 17.7 Å². The van der Waals surface area contributed by atoms with Crippen LogP contribution in [-0.2, 0) is 0 Å². The number of hydrogen-bond donors (Lipinski definition) is 2. The number of benzene rings is 1. The van der Waals surface area contributed by atoms with Gasteiger partial charge in [-0.15, -0.1) is 0 Å². The van der Waals surface area contributed by atoms with E-state index in [9.17, 15) is 9.59 Å². The van der Waals surface area contributed by atoms with E-state index in [1.165, 1.54) is 24.3 Å². The van der Waals surface area contributed by atoms with E-state index in [4.69, 9.17) is 9.63 Å². The van der Waals surface area contributed by atoms with E-state index in [2.05, 4.69) is 10.5 Å². The molecule has 2 N–H and O–H groups in total. The number of aromatic nitrogens is 1. The molecule has 6 nitrogen and oxygen atoms in total. The van der Waals surface area contributed by atoms with Crippen molar-refractivity contribution in [2.45, 2.75) is 33.2 Å². The lowest BCUT2D eigenvalue weighted by molar-refractivity contribution is 0.0696. The molecule has 0 fully saturated rings. The lowest BCUT2D eigenvalue weighted by Gasteiger charge is -2.17. The number of carboxylic acids is 1. The Morgan fingerprint density at radius 3 is 2.27 bits per heavy atom. The molecular formula is C16H18N2O4. The molecule has 0 spiro atoms. The van der Waals surface area contributed by atoms with Crippen LogP contribution in [-0.4, -0.2) is 22.1 Å². The molecule has 1 atom stereocenters. The molecule has 0 saturated carbocycles. The van der Waals surface area contributed by atoms with E-state index >= 15 is 0 Å². The number of carbonyl (C=O) groups excluding carboxylic acids is 1. The Morgan fingerprint density at radius 1 is 1.23 bits per heavy atom. The third-order valence-corrected chi connectivity index (χ3v) is 3.54. The maximum atomic E-state index is 12.3. The Bertz CT molecular complexity index is 669. The molecule has 0 aliphatic rings. The first-order chi connectivity index (χ1) is 10.4. The number of nitrogens with zero attached hydrogens (tertiary/aromatic N) is 1. The van der Waals surface area contributed by atoms with E-state index in [1.807, 2.05) is 20.8 Å². The first kappa shape index (κ1) is 15.8. The summed E-state index contributed by atoms with van der Waals surface area (Å²) in [6.45, 7) is 5.61. The van der Waals surface area contributed by atoms with Crippen LogP contribution >= 0.6 is 0 Å². The van der Waals surface area contributed by atoms with Crippen LogP contribution in [0.5, 0.6) is 0 Å². The van der Waals surface area contributed by atoms with Gasteiger partial charge in [0.2, 0.25) is 0 Å². The van der Waals surface area contributed by atoms with Crippen LogP contribution < -0.4 is 5.32 Å². The van der Waals surface area contributed by atoms with Gasteiger partial charge in [0.25, 0.3) is 5.91 Å². The average molecular weight is 302 g/mol. The molecule has 0 aliphatic heterocycles. The minimum absolute atomic E-state index is 0.148. The molecule has 116 valence electrons. The molecule has 1 aromatic carbocycles. The molecule has 1 amide bonds. The van der Waals surface area contributed by atoms with E-state index < -0.39 is 5.97 Å². The van der Waals surface area contributed by atoms with E-state index in [-0.39, 0.29) is 17.5 Å². The molecule has 0 aliphatic carbocycles. The van der Waals surface area contributed by atoms with E-state index in [0.717, 1.165) is 11.3 Å². The minimum atomic E-state index is -1.02. The van der Waals surface area contributed by atoms with Crippen LogP contribution in [0.1, 0.15) is 57.1 Å². The normalized spacial score (nSPS) is 12.0. The second-order valence-electron chi connectivity index (χ2n) is 5.05. The Labute approximate surface area is 128 Å². The number of amides is 1. The predicted molar refractivity (Wildman–Crippen MR) is 79.9 cm³/mol. The van der Waals surface area contributed by atoms with Crippen molar-refractivity contribution in [1.29, 1.82) is 0 Å². The lowest BCUT2D eigenvalue weighted by atomic mass is 10.0. The number of aryl methyl sites for hydroxylation is 2. The van der Waals surface area contributed by atoms with Crippen molar-refractivity contribution in [1.82, 2.24) is 10.5 Å². The van der Waals surface area contributed by atoms with Gasteiger partial charge in [0.1, 0.15) is 5.76 Å². The van der Waals surface area contributed by atoms with Gasteiger partial charge in [0.05, 0.1) is 17.3 Å². The summed E-state index contributed by atoms with van der Waals surface area (Å²) in [7, 11) is 0. The topological polar surface area (TPSA) is 92.4 Å². The van der Waals surface area contributed by atoms with Crippen LogP contribution in [0.3, 0.4) is 0 Å². The van der Waals surface area contributed by atoms with Crippen molar-refractivity contribution in [2.75, 3.05) is 0 Å². The molecule has 0 bridgehead atoms. The molecule has 6 heteroatoms. The summed E-state index contributed by atoms with van der Waals surface area (Å²) in [5.74, 6) is -0.594. The summed E-state index contributed by atoms with van der Waals surface area (Å²) in [5.41, 5.74) is 2.20. The van der Waals surface area contributed by atoms with Crippen LogP contribution in [0.15, 0.2) is 28.8 Å². The maximum Gasteiger partial charge on any atom is 0.335 e. The highest BCUT2D eigenvalue weighted by Gasteiger charge is 2.21. The van der Waals surface area contributed by atoms with Crippen molar-refractivity contribution in [3.05, 3.63) is 52.4 Å². The fourth-order valence-corrected chi connectivity index (χ4v) is 2.37. The molecule has 2 rings (SSSR count). The number of carboxylic acid groups (broad SMARTS) is 1. The zero-order valence-corrected chi connectivity index (χ0v) is 12.7. The number of rotatable bonds is 5. The fourth-order valence-electron chi connectivity index (χ4n) is 2.37. The summed E-state index contributed by atoms with van der Waals surface area (Å²) in [4.78, 5) is 23.1. The van der Waals surface area contributed by atoms with Gasteiger partial charge in [-0.05, 0) is 44.5 Å². The average Bonchev–Trinajstić information content (AvgIpc) is 2.84. The Balaban J connectivity index is 2.17. The Morgan fingerprint density at radius 2 is 1.82 bits per heavy atom. The fraction of sp³-hybridized carbons (Fsp3) is 0.312. The summed E-state index contributed by atoms with van der Waals surface area (Å²) in [6, 6.07) is 5.62. The van der Waals surface area contributed by atoms with Crippen LogP contribution in [0.25, 0.3) is 0 Å². The summed E-state index contributed by atoms with van der Waals surface area (Å²) >= 11 is 0. The van der Waals surface area contributed by atoms with Gasteiger partial charge in [0, 0.05) is 11.1 Å². The van der Waals surface area contributed by atoms with Gasteiger partial charge in [0.15, 0.2) is 0 Å². The molecule has 1 aromatic heterocycles. The Hall–Kier alpha value is -2.63. The number of carbonyl (C=O) groups is 2. The van der Waals surface area contributed by atoms with Gasteiger partial charge < -0.3 is 14.9 Å². The summed E-state index contributed by atoms with van der Waals surface area (Å²) in [6.07, 6.45) is 0.696. The van der Waals surface area contributed by atoms with Crippen molar-refractivity contribution in [3.8, 4) is 0 Å². The van der Waals surface area contributed by atoms with Crippen molar-refractivity contribution < 1.29 is 19.2 Å². The second-order valence-corrected chi connectivity index (χ2v) is 5.05. The highest BCUT2D eigenvalue weighted by molar-refractivity contribution is 5.96.